The van der Waals surface area contributed by atoms with Gasteiger partial charge in [-0.3, -0.25) is 0 Å². The fourth-order valence-electron chi connectivity index (χ4n) is 0.767. The van der Waals surface area contributed by atoms with Gasteiger partial charge in [-0.2, -0.15) is 0 Å². The van der Waals surface area contributed by atoms with E-state index in [0.29, 0.717) is 0 Å². The summed E-state index contributed by atoms with van der Waals surface area (Å²) in [4.78, 5) is 3.95. The van der Waals surface area contributed by atoms with Gasteiger partial charge < -0.3 is 4.74 Å². The van der Waals surface area contributed by atoms with Crippen LogP contribution in [0.3, 0.4) is 0 Å². The molecule has 0 spiro atoms. The number of hydrogen-bond donors (Lipinski definition) is 1. The van der Waals surface area contributed by atoms with Crippen LogP contribution in [0.5, 0.6) is 5.88 Å². The lowest BCUT2D eigenvalue weighted by molar-refractivity contribution is 0.384. The first-order valence-electron chi connectivity index (χ1n) is 3.18. The van der Waals surface area contributed by atoms with E-state index < -0.39 is 13.9 Å². The minimum atomic E-state index is -2.33. The third-order valence-electron chi connectivity index (χ3n) is 1.29. The van der Waals surface area contributed by atoms with E-state index >= 15 is 0 Å². The summed E-state index contributed by atoms with van der Waals surface area (Å²) >= 11 is 3.96. The van der Waals surface area contributed by atoms with Crippen LogP contribution in [0.2, 0.25) is 0 Å². The van der Waals surface area contributed by atoms with E-state index in [1.54, 1.807) is 0 Å². The molecule has 0 fully saturated rings. The van der Waals surface area contributed by atoms with Crippen molar-refractivity contribution in [2.75, 3.05) is 7.11 Å². The zero-order valence-corrected chi connectivity index (χ0v) is 9.17. The van der Waals surface area contributed by atoms with Gasteiger partial charge in [-0.05, 0) is 6.07 Å². The van der Waals surface area contributed by atoms with Crippen LogP contribution in [0.15, 0.2) is 17.2 Å². The average molecular weight is 238 g/mol. The minimum Gasteiger partial charge on any atom is -0.480 e. The number of rotatable bonds is 2. The third kappa shape index (κ3) is 2.69. The van der Waals surface area contributed by atoms with E-state index in [1.807, 2.05) is 0 Å². The quantitative estimate of drug-likeness (QED) is 0.485. The average Bonchev–Trinajstić information content (AvgIpc) is 2.03. The summed E-state index contributed by atoms with van der Waals surface area (Å²) < 4.78 is 17.6. The Balaban J connectivity index is 3.24. The molecule has 0 aliphatic heterocycles. The number of thiol groups is 1. The van der Waals surface area contributed by atoms with Crippen molar-refractivity contribution in [3.05, 3.63) is 18.1 Å². The van der Waals surface area contributed by atoms with E-state index in [4.69, 9.17) is 22.5 Å². The molecule has 13 heavy (non-hydrogen) atoms. The standard InChI is InChI=1S/C6H6BClFNOS2/c1-11-6-5(13(7,8)12)2-4(9)3-10-6/h2-3,12H,1H3. The summed E-state index contributed by atoms with van der Waals surface area (Å²) in [6.45, 7) is 0. The molecule has 0 bridgehead atoms. The second-order valence-electron chi connectivity index (χ2n) is 2.21. The summed E-state index contributed by atoms with van der Waals surface area (Å²) in [5.41, 5.74) is 0. The summed E-state index contributed by atoms with van der Waals surface area (Å²) in [7, 11) is 10.4. The molecule has 0 aromatic carbocycles. The van der Waals surface area contributed by atoms with E-state index in [1.165, 1.54) is 13.2 Å². The fraction of sp³-hybridized carbons (Fsp3) is 0.167. The summed E-state index contributed by atoms with van der Waals surface area (Å²) in [5, 5.41) is 0. The molecule has 70 valence electrons. The number of halogens is 2. The van der Waals surface area contributed by atoms with Gasteiger partial charge in [0.2, 0.25) is 5.88 Å². The van der Waals surface area contributed by atoms with Gasteiger partial charge in [0.1, 0.15) is 5.82 Å². The minimum absolute atomic E-state index is 0.198. The summed E-state index contributed by atoms with van der Waals surface area (Å²) in [6.07, 6.45) is 1.03. The van der Waals surface area contributed by atoms with Gasteiger partial charge in [0.25, 0.3) is 0 Å². The second-order valence-corrected chi connectivity index (χ2v) is 7.58. The lowest BCUT2D eigenvalue weighted by Gasteiger charge is -2.22. The highest BCUT2D eigenvalue weighted by atomic mass is 35.8. The van der Waals surface area contributed by atoms with Crippen LogP contribution in [0.1, 0.15) is 0 Å². The number of aromatic nitrogens is 1. The molecule has 0 amide bonds. The van der Waals surface area contributed by atoms with E-state index in [9.17, 15) is 4.39 Å². The maximum atomic E-state index is 12.8. The summed E-state index contributed by atoms with van der Waals surface area (Å²) in [6, 6.07) is 1.17. The Bertz CT molecular complexity index is 320. The predicted molar refractivity (Wildman–Crippen MR) is 57.2 cm³/mol. The first kappa shape index (κ1) is 11.0. The Morgan fingerprint density at radius 2 is 2.38 bits per heavy atom. The van der Waals surface area contributed by atoms with Crippen molar-refractivity contribution in [1.82, 2.24) is 4.98 Å². The first-order chi connectivity index (χ1) is 5.95. The number of methoxy groups -OCH3 is 1. The predicted octanol–water partition coefficient (Wildman–Crippen LogP) is 2.47. The number of nitrogens with zero attached hydrogens (tertiary/aromatic N) is 1. The molecule has 1 aromatic rings. The van der Waals surface area contributed by atoms with Gasteiger partial charge >= 0.3 is 0 Å². The van der Waals surface area contributed by atoms with Crippen molar-refractivity contribution >= 4 is 37.6 Å². The van der Waals surface area contributed by atoms with Crippen LogP contribution in [0.4, 0.5) is 4.39 Å². The largest absolute Gasteiger partial charge is 0.480 e. The monoisotopic (exact) mass is 237 g/mol. The third-order valence-corrected chi connectivity index (χ3v) is 3.28. The highest BCUT2D eigenvalue weighted by Gasteiger charge is 2.19. The van der Waals surface area contributed by atoms with Crippen molar-refractivity contribution in [3.63, 3.8) is 0 Å². The van der Waals surface area contributed by atoms with E-state index in [2.05, 4.69) is 16.6 Å². The topological polar surface area (TPSA) is 22.1 Å². The maximum Gasteiger partial charge on any atom is 0.226 e. The Morgan fingerprint density at radius 3 is 2.85 bits per heavy atom. The number of pyridine rings is 1. The molecule has 2 radical (unpaired) electrons. The Kier molecular flexibility index (Phi) is 3.37. The second kappa shape index (κ2) is 3.98. The smallest absolute Gasteiger partial charge is 0.226 e. The van der Waals surface area contributed by atoms with Crippen molar-refractivity contribution in [2.24, 2.45) is 0 Å². The van der Waals surface area contributed by atoms with Crippen molar-refractivity contribution in [2.45, 2.75) is 4.90 Å². The lowest BCUT2D eigenvalue weighted by Crippen LogP contribution is -1.95. The molecule has 0 saturated heterocycles. The Hall–Kier alpha value is -0.0651. The molecule has 0 N–H and O–H groups in total. The molecular weight excluding hydrogens is 231 g/mol. The van der Waals surface area contributed by atoms with Gasteiger partial charge in [-0.1, -0.05) is 10.7 Å². The van der Waals surface area contributed by atoms with Gasteiger partial charge in [0.15, 0.2) is 7.12 Å². The van der Waals surface area contributed by atoms with Gasteiger partial charge in [0, 0.05) is 0 Å². The van der Waals surface area contributed by atoms with E-state index in [-0.39, 0.29) is 10.8 Å². The Labute approximate surface area is 87.8 Å². The van der Waals surface area contributed by atoms with Crippen LogP contribution in [-0.4, -0.2) is 19.2 Å². The Morgan fingerprint density at radius 1 is 1.77 bits per heavy atom. The van der Waals surface area contributed by atoms with Crippen LogP contribution >= 0.6 is 30.5 Å². The van der Waals surface area contributed by atoms with Gasteiger partial charge in [-0.25, -0.2) is 9.37 Å². The van der Waals surface area contributed by atoms with Gasteiger partial charge in [0.05, 0.1) is 18.2 Å². The van der Waals surface area contributed by atoms with E-state index in [0.717, 1.165) is 6.20 Å². The zero-order valence-electron chi connectivity index (χ0n) is 6.70. The summed E-state index contributed by atoms with van der Waals surface area (Å²) in [5.74, 6) is -0.322. The molecule has 0 saturated carbocycles. The molecular formula is C6H6BClFNOS2. The molecule has 1 aromatic heterocycles. The molecule has 1 rings (SSSR count). The molecule has 7 heteroatoms. The highest BCUT2D eigenvalue weighted by molar-refractivity contribution is 9.05. The zero-order chi connectivity index (χ0) is 10.1. The molecule has 2 nitrogen and oxygen atoms in total. The van der Waals surface area contributed by atoms with Crippen LogP contribution in [0.25, 0.3) is 0 Å². The molecule has 1 heterocycles. The van der Waals surface area contributed by atoms with Gasteiger partial charge in [-0.15, -0.1) is 19.8 Å². The van der Waals surface area contributed by atoms with Crippen LogP contribution in [0, 0.1) is 5.82 Å². The van der Waals surface area contributed by atoms with Crippen molar-refractivity contribution in [1.29, 1.82) is 0 Å². The normalized spacial score (nSPS) is 17.5. The fourth-order valence-corrected chi connectivity index (χ4v) is 2.15. The SMILES string of the molecule is [B]S(S)(Cl)c1cc(F)cnc1OC. The van der Waals surface area contributed by atoms with Crippen LogP contribution in [-0.2, 0) is 0 Å². The van der Waals surface area contributed by atoms with Crippen LogP contribution < -0.4 is 4.74 Å². The lowest BCUT2D eigenvalue weighted by atomic mass is 10.5. The molecule has 1 unspecified atom stereocenters. The van der Waals surface area contributed by atoms with Crippen molar-refractivity contribution < 1.29 is 9.13 Å². The van der Waals surface area contributed by atoms with Crippen molar-refractivity contribution in [3.8, 4) is 5.88 Å². The number of ether oxygens (including phenoxy) is 1. The molecule has 0 aliphatic carbocycles. The highest BCUT2D eigenvalue weighted by Crippen LogP contribution is 2.62. The molecule has 1 atom stereocenters. The number of hydrogen-bond acceptors (Lipinski definition) is 3. The maximum absolute atomic E-state index is 12.8. The first-order valence-corrected chi connectivity index (χ1v) is 6.75. The molecule has 0 aliphatic rings.